The molecular formula is C18H15NO2S2. The van der Waals surface area contributed by atoms with Gasteiger partial charge in [0.25, 0.3) is 5.91 Å². The molecule has 23 heavy (non-hydrogen) atoms. The molecule has 2 aromatic rings. The molecule has 1 aliphatic rings. The summed E-state index contributed by atoms with van der Waals surface area (Å²) < 4.78 is 0.536. The zero-order valence-corrected chi connectivity index (χ0v) is 14.4. The number of hydrogen-bond acceptors (Lipinski definition) is 4. The zero-order chi connectivity index (χ0) is 16.6. The molecule has 1 aliphatic heterocycles. The van der Waals surface area contributed by atoms with Crippen molar-refractivity contribution in [2.75, 3.05) is 4.90 Å². The van der Waals surface area contributed by atoms with Crippen molar-refractivity contribution in [2.45, 2.75) is 13.8 Å². The van der Waals surface area contributed by atoms with Crippen molar-refractivity contribution in [3.05, 3.63) is 64.1 Å². The van der Waals surface area contributed by atoms with Crippen LogP contribution < -0.4 is 4.90 Å². The van der Waals surface area contributed by atoms with Gasteiger partial charge in [0, 0.05) is 0 Å². The molecule has 0 radical (unpaired) electrons. The van der Waals surface area contributed by atoms with Crippen molar-refractivity contribution in [3.8, 4) is 5.75 Å². The molecule has 0 unspecified atom stereocenters. The highest BCUT2D eigenvalue weighted by molar-refractivity contribution is 8.27. The van der Waals surface area contributed by atoms with Crippen molar-refractivity contribution < 1.29 is 9.90 Å². The molecule has 1 fully saturated rings. The van der Waals surface area contributed by atoms with Crippen LogP contribution in [-0.2, 0) is 4.79 Å². The first kappa shape index (κ1) is 15.8. The SMILES string of the molecule is Cc1cccc(N2C(=O)/C(=C/c3ccc(O)cc3)SC2=S)c1C. The second-order valence-electron chi connectivity index (χ2n) is 5.33. The Kier molecular flexibility index (Phi) is 4.24. The number of nitrogens with zero attached hydrogens (tertiary/aromatic N) is 1. The summed E-state index contributed by atoms with van der Waals surface area (Å²) in [7, 11) is 0. The monoisotopic (exact) mass is 341 g/mol. The molecule has 0 aliphatic carbocycles. The second-order valence-corrected chi connectivity index (χ2v) is 7.00. The average Bonchev–Trinajstić information content (AvgIpc) is 2.79. The quantitative estimate of drug-likeness (QED) is 0.649. The smallest absolute Gasteiger partial charge is 0.270 e. The lowest BCUT2D eigenvalue weighted by Gasteiger charge is -2.18. The number of aromatic hydroxyl groups is 1. The van der Waals surface area contributed by atoms with Gasteiger partial charge in [0.1, 0.15) is 5.75 Å². The maximum Gasteiger partial charge on any atom is 0.270 e. The Balaban J connectivity index is 1.97. The van der Waals surface area contributed by atoms with Gasteiger partial charge in [0.15, 0.2) is 4.32 Å². The maximum absolute atomic E-state index is 12.8. The molecule has 116 valence electrons. The molecule has 1 N–H and O–H groups in total. The number of carbonyl (C=O) groups is 1. The van der Waals surface area contributed by atoms with Crippen molar-refractivity contribution in [1.29, 1.82) is 0 Å². The number of anilines is 1. The fourth-order valence-corrected chi connectivity index (χ4v) is 3.66. The van der Waals surface area contributed by atoms with Gasteiger partial charge in [-0.3, -0.25) is 9.69 Å². The van der Waals surface area contributed by atoms with Crippen LogP contribution in [0.3, 0.4) is 0 Å². The van der Waals surface area contributed by atoms with Crippen molar-refractivity contribution in [2.24, 2.45) is 0 Å². The first-order valence-corrected chi connectivity index (χ1v) is 8.33. The number of hydrogen-bond donors (Lipinski definition) is 1. The second kappa shape index (κ2) is 6.18. The average molecular weight is 341 g/mol. The fourth-order valence-electron chi connectivity index (χ4n) is 2.38. The summed E-state index contributed by atoms with van der Waals surface area (Å²) in [5.74, 6) is 0.0897. The number of rotatable bonds is 2. The van der Waals surface area contributed by atoms with Gasteiger partial charge in [-0.05, 0) is 54.8 Å². The van der Waals surface area contributed by atoms with Gasteiger partial charge in [-0.2, -0.15) is 0 Å². The van der Waals surface area contributed by atoms with Crippen molar-refractivity contribution in [3.63, 3.8) is 0 Å². The number of amides is 1. The third kappa shape index (κ3) is 3.02. The summed E-state index contributed by atoms with van der Waals surface area (Å²) in [6, 6.07) is 12.6. The predicted molar refractivity (Wildman–Crippen MR) is 99.7 cm³/mol. The Morgan fingerprint density at radius 3 is 2.52 bits per heavy atom. The summed E-state index contributed by atoms with van der Waals surface area (Å²) >= 11 is 6.70. The standard InChI is InChI=1S/C18H15NO2S2/c1-11-4-3-5-15(12(11)2)19-17(21)16(23-18(19)22)10-13-6-8-14(20)9-7-13/h3-10,20H,1-2H3/b16-10-. The number of carbonyl (C=O) groups excluding carboxylic acids is 1. The fraction of sp³-hybridized carbons (Fsp3) is 0.111. The molecule has 1 heterocycles. The van der Waals surface area contributed by atoms with Gasteiger partial charge in [-0.1, -0.05) is 48.2 Å². The van der Waals surface area contributed by atoms with Crippen LogP contribution in [0.5, 0.6) is 5.75 Å². The summed E-state index contributed by atoms with van der Waals surface area (Å²) in [5.41, 5.74) is 3.86. The van der Waals surface area contributed by atoms with E-state index in [-0.39, 0.29) is 11.7 Å². The summed E-state index contributed by atoms with van der Waals surface area (Å²) in [4.78, 5) is 14.9. The van der Waals surface area contributed by atoms with E-state index in [1.54, 1.807) is 35.2 Å². The number of thioether (sulfide) groups is 1. The van der Waals surface area contributed by atoms with Gasteiger partial charge in [-0.15, -0.1) is 0 Å². The molecule has 0 aromatic heterocycles. The van der Waals surface area contributed by atoms with E-state index in [1.807, 2.05) is 32.0 Å². The Morgan fingerprint density at radius 1 is 1.13 bits per heavy atom. The lowest BCUT2D eigenvalue weighted by molar-refractivity contribution is -0.113. The van der Waals surface area contributed by atoms with Crippen molar-refractivity contribution in [1.82, 2.24) is 0 Å². The molecule has 0 bridgehead atoms. The highest BCUT2D eigenvalue weighted by atomic mass is 32.2. The Labute approximate surface area is 144 Å². The third-order valence-corrected chi connectivity index (χ3v) is 5.10. The van der Waals surface area contributed by atoms with Crippen LogP contribution in [-0.4, -0.2) is 15.3 Å². The van der Waals surface area contributed by atoms with Crippen LogP contribution in [0.2, 0.25) is 0 Å². The Bertz CT molecular complexity index is 825. The summed E-state index contributed by atoms with van der Waals surface area (Å²) in [6.07, 6.45) is 1.80. The van der Waals surface area contributed by atoms with E-state index in [0.717, 1.165) is 22.4 Å². The van der Waals surface area contributed by atoms with Gasteiger partial charge in [0.2, 0.25) is 0 Å². The summed E-state index contributed by atoms with van der Waals surface area (Å²) in [5, 5.41) is 9.34. The third-order valence-electron chi connectivity index (χ3n) is 3.80. The molecule has 5 heteroatoms. The normalized spacial score (nSPS) is 16.4. The minimum absolute atomic E-state index is 0.109. The number of benzene rings is 2. The molecule has 1 saturated heterocycles. The molecule has 0 atom stereocenters. The number of thiocarbonyl (C=S) groups is 1. The first-order valence-electron chi connectivity index (χ1n) is 7.10. The van der Waals surface area contributed by atoms with E-state index in [4.69, 9.17) is 12.2 Å². The lowest BCUT2D eigenvalue weighted by atomic mass is 10.1. The minimum atomic E-state index is -0.109. The summed E-state index contributed by atoms with van der Waals surface area (Å²) in [6.45, 7) is 4.01. The van der Waals surface area contributed by atoms with Gasteiger partial charge in [-0.25, -0.2) is 0 Å². The molecule has 0 saturated carbocycles. The van der Waals surface area contributed by atoms with Gasteiger partial charge < -0.3 is 5.11 Å². The van der Waals surface area contributed by atoms with E-state index in [2.05, 4.69) is 0 Å². The molecule has 3 nitrogen and oxygen atoms in total. The van der Waals surface area contributed by atoms with Crippen LogP contribution in [0.15, 0.2) is 47.4 Å². The van der Waals surface area contributed by atoms with E-state index in [9.17, 15) is 9.90 Å². The highest BCUT2D eigenvalue weighted by Crippen LogP contribution is 2.37. The maximum atomic E-state index is 12.8. The van der Waals surface area contributed by atoms with Crippen LogP contribution in [0, 0.1) is 13.8 Å². The Hall–Kier alpha value is -2.11. The number of phenols is 1. The minimum Gasteiger partial charge on any atom is -0.508 e. The van der Waals surface area contributed by atoms with Gasteiger partial charge >= 0.3 is 0 Å². The van der Waals surface area contributed by atoms with E-state index in [1.165, 1.54) is 11.8 Å². The topological polar surface area (TPSA) is 40.5 Å². The lowest BCUT2D eigenvalue weighted by Crippen LogP contribution is -2.28. The predicted octanol–water partition coefficient (Wildman–Crippen LogP) is 4.41. The van der Waals surface area contributed by atoms with Crippen LogP contribution in [0.1, 0.15) is 16.7 Å². The van der Waals surface area contributed by atoms with Crippen LogP contribution in [0.25, 0.3) is 6.08 Å². The molecular weight excluding hydrogens is 326 g/mol. The van der Waals surface area contributed by atoms with Crippen molar-refractivity contribution >= 4 is 46.0 Å². The van der Waals surface area contributed by atoms with E-state index in [0.29, 0.717) is 9.23 Å². The largest absolute Gasteiger partial charge is 0.508 e. The molecule has 3 rings (SSSR count). The molecule has 2 aromatic carbocycles. The highest BCUT2D eigenvalue weighted by Gasteiger charge is 2.34. The Morgan fingerprint density at radius 2 is 1.83 bits per heavy atom. The van der Waals surface area contributed by atoms with Crippen LogP contribution >= 0.6 is 24.0 Å². The van der Waals surface area contributed by atoms with E-state index >= 15 is 0 Å². The molecule has 0 spiro atoms. The first-order chi connectivity index (χ1) is 11.0. The van der Waals surface area contributed by atoms with E-state index < -0.39 is 0 Å². The zero-order valence-electron chi connectivity index (χ0n) is 12.7. The molecule has 1 amide bonds. The number of aryl methyl sites for hydroxylation is 1. The number of phenolic OH excluding ortho intramolecular Hbond substituents is 1. The van der Waals surface area contributed by atoms with Gasteiger partial charge in [0.05, 0.1) is 10.6 Å². The van der Waals surface area contributed by atoms with Crippen LogP contribution in [0.4, 0.5) is 5.69 Å².